The Morgan fingerprint density at radius 1 is 0.650 bits per heavy atom. The Bertz CT molecular complexity index is 1030. The lowest BCUT2D eigenvalue weighted by molar-refractivity contribution is 0.0488. The molecule has 0 aromatic heterocycles. The Labute approximate surface area is 238 Å². The van der Waals surface area contributed by atoms with E-state index in [0.29, 0.717) is 48.6 Å². The molecule has 2 rings (SSSR count). The first-order valence-electron chi connectivity index (χ1n) is 14.5. The number of phenolic OH excluding ortho intramolecular Hbond substituents is 2. The van der Waals surface area contributed by atoms with Crippen LogP contribution in [0.1, 0.15) is 110 Å². The molecule has 0 fully saturated rings. The van der Waals surface area contributed by atoms with E-state index >= 15 is 0 Å². The standard InChI is InChI=1S/C32H44N2O6/c1-3-5-7-11-19-39-31(37)25-13-15-29(35)27(21-25)23-33-17-9-10-18-34-24-28-22-26(14-16-30(28)36)32(38)40-20-12-8-6-4-2/h13-16,21-24,35-36H,3-12,17-20H2,1-2H3. The fourth-order valence-corrected chi connectivity index (χ4v) is 3.86. The predicted octanol–water partition coefficient (Wildman–Crippen LogP) is 6.89. The minimum absolute atomic E-state index is 0.0512. The molecule has 0 aliphatic carbocycles. The van der Waals surface area contributed by atoms with Gasteiger partial charge in [-0.15, -0.1) is 0 Å². The van der Waals surface area contributed by atoms with Gasteiger partial charge in [0, 0.05) is 36.6 Å². The summed E-state index contributed by atoms with van der Waals surface area (Å²) in [5, 5.41) is 20.2. The van der Waals surface area contributed by atoms with E-state index in [1.165, 1.54) is 12.1 Å². The average Bonchev–Trinajstić information content (AvgIpc) is 2.95. The maximum atomic E-state index is 12.3. The summed E-state index contributed by atoms with van der Waals surface area (Å²) in [6.45, 7) is 6.11. The number of esters is 2. The van der Waals surface area contributed by atoms with Gasteiger partial charge in [-0.1, -0.05) is 52.4 Å². The first-order valence-corrected chi connectivity index (χ1v) is 14.5. The molecule has 2 N–H and O–H groups in total. The van der Waals surface area contributed by atoms with Crippen molar-refractivity contribution in [1.29, 1.82) is 0 Å². The molecule has 0 bridgehead atoms. The topological polar surface area (TPSA) is 118 Å². The molecule has 0 unspecified atom stereocenters. The van der Waals surface area contributed by atoms with Crippen molar-refractivity contribution in [1.82, 2.24) is 0 Å². The number of rotatable bonds is 19. The SMILES string of the molecule is CCCCCCOC(=O)c1ccc(O)c(C=NCCCCN=Cc2cc(C(=O)OCCCCCC)ccc2O)c1. The van der Waals surface area contributed by atoms with Gasteiger partial charge >= 0.3 is 11.9 Å². The van der Waals surface area contributed by atoms with Gasteiger partial charge in [0.05, 0.1) is 24.3 Å². The molecule has 8 nitrogen and oxygen atoms in total. The normalized spacial score (nSPS) is 11.3. The van der Waals surface area contributed by atoms with E-state index < -0.39 is 11.9 Å². The molecule has 0 saturated heterocycles. The van der Waals surface area contributed by atoms with E-state index in [1.54, 1.807) is 36.7 Å². The van der Waals surface area contributed by atoms with E-state index in [0.717, 1.165) is 64.2 Å². The number of carbonyl (C=O) groups excluding carboxylic acids is 2. The van der Waals surface area contributed by atoms with Crippen molar-refractivity contribution < 1.29 is 29.3 Å². The highest BCUT2D eigenvalue weighted by Gasteiger charge is 2.11. The van der Waals surface area contributed by atoms with Gasteiger partial charge in [-0.2, -0.15) is 0 Å². The highest BCUT2D eigenvalue weighted by Crippen LogP contribution is 2.19. The molecular formula is C32H44N2O6. The molecule has 2 aromatic carbocycles. The summed E-state index contributed by atoms with van der Waals surface area (Å²) in [7, 11) is 0. The number of unbranched alkanes of at least 4 members (excludes halogenated alkanes) is 7. The maximum absolute atomic E-state index is 12.3. The van der Waals surface area contributed by atoms with E-state index in [4.69, 9.17) is 9.47 Å². The monoisotopic (exact) mass is 552 g/mol. The molecule has 0 saturated carbocycles. The molecule has 2 aromatic rings. The van der Waals surface area contributed by atoms with Gasteiger partial charge < -0.3 is 19.7 Å². The summed E-state index contributed by atoms with van der Waals surface area (Å²) in [4.78, 5) is 33.3. The van der Waals surface area contributed by atoms with Gasteiger partial charge in [-0.05, 0) is 62.1 Å². The number of phenols is 2. The van der Waals surface area contributed by atoms with Gasteiger partial charge in [-0.3, -0.25) is 9.98 Å². The number of carbonyl (C=O) groups is 2. The fraction of sp³-hybridized carbons (Fsp3) is 0.500. The van der Waals surface area contributed by atoms with E-state index in [1.807, 2.05) is 0 Å². The first kappa shape index (κ1) is 32.5. The molecular weight excluding hydrogens is 508 g/mol. The Morgan fingerprint density at radius 3 is 1.48 bits per heavy atom. The predicted molar refractivity (Wildman–Crippen MR) is 159 cm³/mol. The van der Waals surface area contributed by atoms with Gasteiger partial charge in [-0.25, -0.2) is 9.59 Å². The van der Waals surface area contributed by atoms with Crippen LogP contribution in [0.25, 0.3) is 0 Å². The summed E-state index contributed by atoms with van der Waals surface area (Å²) in [6, 6.07) is 9.21. The number of hydrogen-bond donors (Lipinski definition) is 2. The molecule has 0 atom stereocenters. The Morgan fingerprint density at radius 2 is 1.07 bits per heavy atom. The van der Waals surface area contributed by atoms with Gasteiger partial charge in [0.2, 0.25) is 0 Å². The number of ether oxygens (including phenoxy) is 2. The van der Waals surface area contributed by atoms with Gasteiger partial charge in [0.15, 0.2) is 0 Å². The maximum Gasteiger partial charge on any atom is 0.338 e. The van der Waals surface area contributed by atoms with Crippen molar-refractivity contribution in [3.63, 3.8) is 0 Å². The average molecular weight is 553 g/mol. The van der Waals surface area contributed by atoms with Crippen molar-refractivity contribution >= 4 is 24.4 Å². The summed E-state index contributed by atoms with van der Waals surface area (Å²) < 4.78 is 10.6. The molecule has 0 radical (unpaired) electrons. The van der Waals surface area contributed by atoms with Crippen LogP contribution in [0.5, 0.6) is 11.5 Å². The van der Waals surface area contributed by atoms with Crippen LogP contribution in [0.4, 0.5) is 0 Å². The second-order valence-electron chi connectivity index (χ2n) is 9.72. The second-order valence-corrected chi connectivity index (χ2v) is 9.72. The second kappa shape index (κ2) is 19.4. The molecule has 8 heteroatoms. The summed E-state index contributed by atoms with van der Waals surface area (Å²) >= 11 is 0. The Hall–Kier alpha value is -3.68. The van der Waals surface area contributed by atoms with Crippen LogP contribution >= 0.6 is 0 Å². The minimum atomic E-state index is -0.403. The smallest absolute Gasteiger partial charge is 0.338 e. The highest BCUT2D eigenvalue weighted by atomic mass is 16.5. The van der Waals surface area contributed by atoms with Crippen molar-refractivity contribution in [2.24, 2.45) is 9.98 Å². The number of aliphatic imine (C=N–C) groups is 2. The van der Waals surface area contributed by atoms with Crippen LogP contribution in [0.3, 0.4) is 0 Å². The van der Waals surface area contributed by atoms with Crippen LogP contribution in [-0.2, 0) is 9.47 Å². The van der Waals surface area contributed by atoms with E-state index in [2.05, 4.69) is 23.8 Å². The molecule has 0 amide bonds. The molecule has 40 heavy (non-hydrogen) atoms. The van der Waals surface area contributed by atoms with Crippen molar-refractivity contribution in [3.05, 3.63) is 58.7 Å². The third-order valence-corrected chi connectivity index (χ3v) is 6.27. The van der Waals surface area contributed by atoms with E-state index in [9.17, 15) is 19.8 Å². The zero-order chi connectivity index (χ0) is 29.0. The summed E-state index contributed by atoms with van der Waals surface area (Å²) in [6.07, 6.45) is 12.9. The van der Waals surface area contributed by atoms with Crippen LogP contribution in [-0.4, -0.2) is 60.9 Å². The minimum Gasteiger partial charge on any atom is -0.507 e. The van der Waals surface area contributed by atoms with Crippen LogP contribution < -0.4 is 0 Å². The van der Waals surface area contributed by atoms with Crippen molar-refractivity contribution in [3.8, 4) is 11.5 Å². The van der Waals surface area contributed by atoms with Crippen molar-refractivity contribution in [2.75, 3.05) is 26.3 Å². The lowest BCUT2D eigenvalue weighted by atomic mass is 10.1. The van der Waals surface area contributed by atoms with Gasteiger partial charge in [0.25, 0.3) is 0 Å². The number of nitrogens with zero attached hydrogens (tertiary/aromatic N) is 2. The van der Waals surface area contributed by atoms with Crippen molar-refractivity contribution in [2.45, 2.75) is 78.1 Å². The van der Waals surface area contributed by atoms with Crippen LogP contribution in [0.15, 0.2) is 46.4 Å². The Kier molecular flexibility index (Phi) is 15.8. The first-order chi connectivity index (χ1) is 19.5. The lowest BCUT2D eigenvalue weighted by Crippen LogP contribution is -2.07. The fourth-order valence-electron chi connectivity index (χ4n) is 3.86. The largest absolute Gasteiger partial charge is 0.507 e. The number of benzene rings is 2. The molecule has 0 aliphatic heterocycles. The number of aromatic hydroxyl groups is 2. The quantitative estimate of drug-likeness (QED) is 0.111. The summed E-state index contributed by atoms with van der Waals surface area (Å²) in [5.41, 5.74) is 1.70. The molecule has 0 aliphatic rings. The third kappa shape index (κ3) is 12.5. The summed E-state index contributed by atoms with van der Waals surface area (Å²) in [5.74, 6) is -0.703. The highest BCUT2D eigenvalue weighted by molar-refractivity contribution is 5.94. The number of hydrogen-bond acceptors (Lipinski definition) is 8. The van der Waals surface area contributed by atoms with Crippen LogP contribution in [0, 0.1) is 0 Å². The van der Waals surface area contributed by atoms with Crippen LogP contribution in [0.2, 0.25) is 0 Å². The Balaban J connectivity index is 1.75. The lowest BCUT2D eigenvalue weighted by Gasteiger charge is -2.06. The molecule has 218 valence electrons. The van der Waals surface area contributed by atoms with E-state index in [-0.39, 0.29) is 11.5 Å². The zero-order valence-electron chi connectivity index (χ0n) is 23.9. The zero-order valence-corrected chi connectivity index (χ0v) is 23.9. The molecule has 0 spiro atoms. The van der Waals surface area contributed by atoms with Gasteiger partial charge in [0.1, 0.15) is 11.5 Å². The molecule has 0 heterocycles. The third-order valence-electron chi connectivity index (χ3n) is 6.27.